The van der Waals surface area contributed by atoms with Gasteiger partial charge in [-0.05, 0) is 30.7 Å². The van der Waals surface area contributed by atoms with Gasteiger partial charge in [0, 0.05) is 66.6 Å². The summed E-state index contributed by atoms with van der Waals surface area (Å²) in [5, 5.41) is 21.1. The molecule has 252 valence electrons. The Hall–Kier alpha value is -6.71. The van der Waals surface area contributed by atoms with Crippen LogP contribution in [0.1, 0.15) is 39.1 Å². The van der Waals surface area contributed by atoms with Gasteiger partial charge < -0.3 is 19.9 Å². The van der Waals surface area contributed by atoms with Crippen molar-refractivity contribution in [2.75, 3.05) is 17.7 Å². The van der Waals surface area contributed by atoms with E-state index in [0.29, 0.717) is 5.69 Å². The first-order chi connectivity index (χ1) is 24.0. The van der Waals surface area contributed by atoms with Gasteiger partial charge in [-0.15, -0.1) is 0 Å². The Labute approximate surface area is 282 Å². The number of para-hydroxylation sites is 1. The third-order valence-electron chi connectivity index (χ3n) is 8.67. The van der Waals surface area contributed by atoms with Gasteiger partial charge in [-0.1, -0.05) is 18.2 Å². The van der Waals surface area contributed by atoms with Crippen LogP contribution < -0.4 is 20.7 Å². The Balaban J connectivity index is 1.14. The number of nitro groups is 1. The van der Waals surface area contributed by atoms with E-state index < -0.39 is 40.4 Å². The van der Waals surface area contributed by atoms with E-state index in [-0.39, 0.29) is 64.8 Å². The number of nitro benzene ring substituents is 1. The standard InChI is InChI=1S/C34H27FN8O7/c1-41-16-21(18-5-3-4-6-26(18)41)23-9-10-36-34(38-23)39-25-13-28(43(48)49)24(14-29(25)50-2)37-15-17-11-19-20(12-22(17)35)33(47)42(32(19)46)27-7-8-30(44)40-31(27)45/h3-6,9-14,16,27,37H,7-8,15H2,1-2H3,(H,36,38,39)(H,40,44,45). The summed E-state index contributed by atoms with van der Waals surface area (Å²) in [6.07, 6.45) is 3.41. The third-order valence-corrected chi connectivity index (χ3v) is 8.67. The maximum atomic E-state index is 15.3. The number of ether oxygens (including phenoxy) is 1. The molecule has 0 radical (unpaired) electrons. The number of anilines is 3. The number of nitrogens with one attached hydrogen (secondary N) is 3. The van der Waals surface area contributed by atoms with Gasteiger partial charge in [-0.2, -0.15) is 0 Å². The molecule has 1 fully saturated rings. The first-order valence-corrected chi connectivity index (χ1v) is 15.3. The number of benzene rings is 3. The molecule has 50 heavy (non-hydrogen) atoms. The predicted octanol–water partition coefficient (Wildman–Crippen LogP) is 4.45. The Morgan fingerprint density at radius 3 is 2.54 bits per heavy atom. The Morgan fingerprint density at radius 1 is 1.04 bits per heavy atom. The van der Waals surface area contributed by atoms with E-state index in [9.17, 15) is 29.3 Å². The second kappa shape index (κ2) is 12.4. The fourth-order valence-electron chi connectivity index (χ4n) is 6.22. The molecular formula is C34H27FN8O7. The maximum absolute atomic E-state index is 15.3. The molecule has 4 amide bonds. The van der Waals surface area contributed by atoms with E-state index >= 15 is 4.39 Å². The van der Waals surface area contributed by atoms with Crippen molar-refractivity contribution in [1.29, 1.82) is 0 Å². The van der Waals surface area contributed by atoms with Gasteiger partial charge in [0.2, 0.25) is 17.8 Å². The number of imide groups is 2. The Bertz CT molecular complexity index is 2290. The Morgan fingerprint density at radius 2 is 1.80 bits per heavy atom. The molecule has 16 heteroatoms. The van der Waals surface area contributed by atoms with Crippen LogP contribution in [0.5, 0.6) is 5.75 Å². The zero-order valence-corrected chi connectivity index (χ0v) is 26.5. The topological polar surface area (TPSA) is 191 Å². The van der Waals surface area contributed by atoms with Crippen molar-refractivity contribution in [2.45, 2.75) is 25.4 Å². The van der Waals surface area contributed by atoms with E-state index in [1.807, 2.05) is 42.1 Å². The van der Waals surface area contributed by atoms with Crippen LogP contribution in [0.3, 0.4) is 0 Å². The molecule has 4 heterocycles. The summed E-state index contributed by atoms with van der Waals surface area (Å²) >= 11 is 0. The van der Waals surface area contributed by atoms with Gasteiger partial charge in [-0.25, -0.2) is 14.4 Å². The second-order valence-corrected chi connectivity index (χ2v) is 11.7. The van der Waals surface area contributed by atoms with E-state index in [0.717, 1.165) is 27.4 Å². The van der Waals surface area contributed by atoms with Crippen LogP contribution >= 0.6 is 0 Å². The van der Waals surface area contributed by atoms with E-state index in [1.165, 1.54) is 25.3 Å². The molecule has 0 aliphatic carbocycles. The number of aryl methyl sites for hydroxylation is 1. The molecule has 0 spiro atoms. The molecule has 1 saturated heterocycles. The zero-order chi connectivity index (χ0) is 35.3. The Kier molecular flexibility index (Phi) is 7.90. The van der Waals surface area contributed by atoms with Crippen LogP contribution in [0.25, 0.3) is 22.2 Å². The molecule has 2 aromatic heterocycles. The molecule has 5 aromatic rings. The summed E-state index contributed by atoms with van der Waals surface area (Å²) in [5.41, 5.74) is 1.90. The summed E-state index contributed by atoms with van der Waals surface area (Å²) in [7, 11) is 3.31. The molecule has 0 bridgehead atoms. The van der Waals surface area contributed by atoms with E-state index in [2.05, 4.69) is 25.9 Å². The molecule has 3 aromatic carbocycles. The van der Waals surface area contributed by atoms with Gasteiger partial charge in [0.25, 0.3) is 17.5 Å². The zero-order valence-electron chi connectivity index (χ0n) is 26.5. The van der Waals surface area contributed by atoms with Crippen molar-refractivity contribution in [3.05, 3.63) is 99.6 Å². The van der Waals surface area contributed by atoms with Crippen LogP contribution in [0.15, 0.2) is 67.0 Å². The van der Waals surface area contributed by atoms with Crippen molar-refractivity contribution in [2.24, 2.45) is 7.05 Å². The summed E-state index contributed by atoms with van der Waals surface area (Å²) in [6, 6.07) is 13.1. The monoisotopic (exact) mass is 678 g/mol. The average Bonchev–Trinajstić information content (AvgIpc) is 3.56. The number of nitrogens with zero attached hydrogens (tertiary/aromatic N) is 5. The van der Waals surface area contributed by atoms with E-state index in [1.54, 1.807) is 12.3 Å². The van der Waals surface area contributed by atoms with Crippen molar-refractivity contribution in [3.8, 4) is 17.0 Å². The first kappa shape index (κ1) is 31.9. The van der Waals surface area contributed by atoms with Gasteiger partial charge in [-0.3, -0.25) is 39.5 Å². The van der Waals surface area contributed by atoms with Crippen LogP contribution in [0, 0.1) is 15.9 Å². The normalized spacial score (nSPS) is 15.7. The van der Waals surface area contributed by atoms with E-state index in [4.69, 9.17) is 4.74 Å². The highest BCUT2D eigenvalue weighted by Crippen LogP contribution is 2.38. The number of halogens is 1. The largest absolute Gasteiger partial charge is 0.494 e. The maximum Gasteiger partial charge on any atom is 0.294 e. The van der Waals surface area contributed by atoms with Gasteiger partial charge in [0.1, 0.15) is 23.3 Å². The van der Waals surface area contributed by atoms with Gasteiger partial charge in [0.15, 0.2) is 0 Å². The molecular weight excluding hydrogens is 651 g/mol. The number of hydrogen-bond acceptors (Lipinski definition) is 11. The van der Waals surface area contributed by atoms with Gasteiger partial charge >= 0.3 is 0 Å². The summed E-state index contributed by atoms with van der Waals surface area (Å²) < 4.78 is 22.8. The fourth-order valence-corrected chi connectivity index (χ4v) is 6.22. The number of fused-ring (bicyclic) bond motifs is 2. The number of rotatable bonds is 9. The quantitative estimate of drug-likeness (QED) is 0.113. The average molecular weight is 679 g/mol. The van der Waals surface area contributed by atoms with Gasteiger partial charge in [0.05, 0.1) is 34.5 Å². The smallest absolute Gasteiger partial charge is 0.294 e. The van der Waals surface area contributed by atoms with Crippen LogP contribution in [0.2, 0.25) is 0 Å². The summed E-state index contributed by atoms with van der Waals surface area (Å²) in [5.74, 6) is -3.47. The minimum Gasteiger partial charge on any atom is -0.494 e. The van der Waals surface area contributed by atoms with Crippen molar-refractivity contribution in [1.82, 2.24) is 24.8 Å². The number of carbonyl (C=O) groups is 4. The van der Waals surface area contributed by atoms with Crippen LogP contribution in [-0.2, 0) is 23.2 Å². The second-order valence-electron chi connectivity index (χ2n) is 11.7. The minimum atomic E-state index is -1.21. The summed E-state index contributed by atoms with van der Waals surface area (Å²) in [6.45, 7) is -0.314. The van der Waals surface area contributed by atoms with Crippen molar-refractivity contribution in [3.63, 3.8) is 0 Å². The highest BCUT2D eigenvalue weighted by Gasteiger charge is 2.45. The molecule has 2 aliphatic rings. The predicted molar refractivity (Wildman–Crippen MR) is 177 cm³/mol. The molecule has 1 atom stereocenters. The number of amides is 4. The molecule has 15 nitrogen and oxygen atoms in total. The molecule has 2 aliphatic heterocycles. The lowest BCUT2D eigenvalue weighted by Crippen LogP contribution is -2.54. The molecule has 3 N–H and O–H groups in total. The highest BCUT2D eigenvalue weighted by molar-refractivity contribution is 6.23. The number of piperidine rings is 1. The number of carbonyl (C=O) groups excluding carboxylic acids is 4. The number of methoxy groups -OCH3 is 1. The fraction of sp³-hybridized carbons (Fsp3) is 0.176. The minimum absolute atomic E-state index is 0.0182. The number of aromatic nitrogens is 3. The SMILES string of the molecule is COc1cc(NCc2cc3c(cc2F)C(=O)N(C2CCC(=O)NC2=O)C3=O)c([N+](=O)[O-])cc1Nc1nccc(-c2cn(C)c3ccccc23)n1. The van der Waals surface area contributed by atoms with Crippen LogP contribution in [-0.4, -0.2) is 61.1 Å². The van der Waals surface area contributed by atoms with Crippen LogP contribution in [0.4, 0.5) is 27.4 Å². The molecule has 0 saturated carbocycles. The lowest BCUT2D eigenvalue weighted by Gasteiger charge is -2.27. The highest BCUT2D eigenvalue weighted by atomic mass is 19.1. The molecule has 1 unspecified atom stereocenters. The third kappa shape index (κ3) is 5.51. The first-order valence-electron chi connectivity index (χ1n) is 15.3. The molecule has 7 rings (SSSR count). The lowest BCUT2D eigenvalue weighted by molar-refractivity contribution is -0.383. The lowest BCUT2D eigenvalue weighted by atomic mass is 10.0. The number of hydrogen-bond donors (Lipinski definition) is 3. The van der Waals surface area contributed by atoms with Crippen molar-refractivity contribution >= 4 is 57.5 Å². The summed E-state index contributed by atoms with van der Waals surface area (Å²) in [4.78, 5) is 71.4. The van der Waals surface area contributed by atoms with Crippen molar-refractivity contribution < 1.29 is 33.2 Å².